The molecule has 0 fully saturated rings. The minimum atomic E-state index is -0.400. The second kappa shape index (κ2) is 7.78. The normalized spacial score (nSPS) is 11.0. The molecule has 0 unspecified atom stereocenters. The summed E-state index contributed by atoms with van der Waals surface area (Å²) in [6, 6.07) is 16.6. The van der Waals surface area contributed by atoms with Crippen LogP contribution in [0, 0.1) is 5.82 Å². The Morgan fingerprint density at radius 3 is 2.57 bits per heavy atom. The molecule has 4 aromatic rings. The summed E-state index contributed by atoms with van der Waals surface area (Å²) in [7, 11) is 0. The van der Waals surface area contributed by atoms with Gasteiger partial charge in [0.1, 0.15) is 30.0 Å². The van der Waals surface area contributed by atoms with E-state index in [1.807, 2.05) is 24.3 Å². The Kier molecular flexibility index (Phi) is 5.20. The Bertz CT molecular complexity index is 1220. The molecule has 3 nitrogen and oxygen atoms in total. The van der Waals surface area contributed by atoms with Crippen LogP contribution in [0.4, 0.5) is 4.39 Å². The van der Waals surface area contributed by atoms with Crippen LogP contribution < -0.4 is 10.2 Å². The molecule has 1 heterocycles. The Morgan fingerprint density at radius 1 is 1.04 bits per heavy atom. The average molecular weight is 460 g/mol. The maximum absolute atomic E-state index is 13.1. The molecule has 0 N–H and O–H groups in total. The molecule has 0 aliphatic carbocycles. The van der Waals surface area contributed by atoms with Crippen LogP contribution >= 0.6 is 27.5 Å². The molecule has 1 aromatic heterocycles. The molecule has 0 saturated carbocycles. The summed E-state index contributed by atoms with van der Waals surface area (Å²) < 4.78 is 25.5. The van der Waals surface area contributed by atoms with Crippen molar-refractivity contribution in [3.8, 4) is 16.9 Å². The van der Waals surface area contributed by atoms with Gasteiger partial charge in [-0.05, 0) is 42.0 Å². The van der Waals surface area contributed by atoms with Gasteiger partial charge >= 0.3 is 0 Å². The smallest absolute Gasteiger partial charge is 0.200 e. The van der Waals surface area contributed by atoms with Gasteiger partial charge in [0, 0.05) is 16.1 Å². The van der Waals surface area contributed by atoms with Gasteiger partial charge in [0.15, 0.2) is 5.43 Å². The molecule has 140 valence electrons. The third-order valence-corrected chi connectivity index (χ3v) is 5.19. The summed E-state index contributed by atoms with van der Waals surface area (Å²) in [5.41, 5.74) is 2.25. The standard InChI is InChI=1S/C22H13BrClFO3/c23-15-4-1-13(2-5-15)19-12-28-21-10-17(7-8-18(21)22(19)26)27-11-14-3-6-16(25)9-20(14)24/h1-10,12H,11H2. The van der Waals surface area contributed by atoms with Crippen molar-refractivity contribution < 1.29 is 13.5 Å². The molecule has 0 spiro atoms. The molecular weight excluding hydrogens is 447 g/mol. The van der Waals surface area contributed by atoms with Crippen LogP contribution in [0.5, 0.6) is 5.75 Å². The second-order valence-electron chi connectivity index (χ2n) is 6.17. The van der Waals surface area contributed by atoms with Gasteiger partial charge in [0.05, 0.1) is 16.0 Å². The predicted octanol–water partition coefficient (Wildman–Crippen LogP) is 6.59. The molecule has 0 radical (unpaired) electrons. The highest BCUT2D eigenvalue weighted by molar-refractivity contribution is 9.10. The first kappa shape index (κ1) is 18.7. The highest BCUT2D eigenvalue weighted by Crippen LogP contribution is 2.25. The fourth-order valence-electron chi connectivity index (χ4n) is 2.83. The first-order chi connectivity index (χ1) is 13.5. The summed E-state index contributed by atoms with van der Waals surface area (Å²) >= 11 is 9.40. The minimum absolute atomic E-state index is 0.114. The highest BCUT2D eigenvalue weighted by atomic mass is 79.9. The zero-order chi connectivity index (χ0) is 19.7. The number of ether oxygens (including phenoxy) is 1. The molecule has 0 aliphatic rings. The Balaban J connectivity index is 1.62. The molecule has 4 rings (SSSR count). The monoisotopic (exact) mass is 458 g/mol. The van der Waals surface area contributed by atoms with Crippen LogP contribution in [-0.4, -0.2) is 0 Å². The summed E-state index contributed by atoms with van der Waals surface area (Å²) in [4.78, 5) is 12.8. The lowest BCUT2D eigenvalue weighted by Gasteiger charge is -2.09. The number of fused-ring (bicyclic) bond motifs is 1. The van der Waals surface area contributed by atoms with Gasteiger partial charge < -0.3 is 9.15 Å². The maximum Gasteiger partial charge on any atom is 0.200 e. The first-order valence-corrected chi connectivity index (χ1v) is 9.56. The van der Waals surface area contributed by atoms with Crippen molar-refractivity contribution in [1.29, 1.82) is 0 Å². The van der Waals surface area contributed by atoms with Crippen molar-refractivity contribution in [2.45, 2.75) is 6.61 Å². The van der Waals surface area contributed by atoms with E-state index in [0.717, 1.165) is 10.0 Å². The Morgan fingerprint density at radius 2 is 1.82 bits per heavy atom. The van der Waals surface area contributed by atoms with E-state index >= 15 is 0 Å². The van der Waals surface area contributed by atoms with Crippen LogP contribution in [0.15, 0.2) is 80.6 Å². The lowest BCUT2D eigenvalue weighted by Crippen LogP contribution is -2.05. The molecular formula is C22H13BrClFO3. The van der Waals surface area contributed by atoms with Crippen LogP contribution in [0.2, 0.25) is 5.02 Å². The summed E-state index contributed by atoms with van der Waals surface area (Å²) in [5.74, 6) is 0.121. The summed E-state index contributed by atoms with van der Waals surface area (Å²) in [6.07, 6.45) is 1.45. The van der Waals surface area contributed by atoms with E-state index in [1.54, 1.807) is 24.3 Å². The molecule has 0 saturated heterocycles. The van der Waals surface area contributed by atoms with E-state index in [4.69, 9.17) is 20.8 Å². The van der Waals surface area contributed by atoms with Gasteiger partial charge in [0.25, 0.3) is 0 Å². The number of benzene rings is 3. The van der Waals surface area contributed by atoms with Gasteiger partial charge in [-0.25, -0.2) is 4.39 Å². The van der Waals surface area contributed by atoms with E-state index in [-0.39, 0.29) is 12.0 Å². The summed E-state index contributed by atoms with van der Waals surface area (Å²) in [5, 5.41) is 0.763. The fraction of sp³-hybridized carbons (Fsp3) is 0.0455. The van der Waals surface area contributed by atoms with Crippen molar-refractivity contribution in [1.82, 2.24) is 0 Å². The van der Waals surface area contributed by atoms with Gasteiger partial charge in [-0.2, -0.15) is 0 Å². The van der Waals surface area contributed by atoms with Crippen LogP contribution in [0.1, 0.15) is 5.56 Å². The number of rotatable bonds is 4. The Hall–Kier alpha value is -2.63. The summed E-state index contributed by atoms with van der Waals surface area (Å²) in [6.45, 7) is 0.172. The van der Waals surface area contributed by atoms with E-state index in [0.29, 0.717) is 32.9 Å². The fourth-order valence-corrected chi connectivity index (χ4v) is 3.31. The minimum Gasteiger partial charge on any atom is -0.489 e. The highest BCUT2D eigenvalue weighted by Gasteiger charge is 2.11. The third kappa shape index (κ3) is 3.81. The van der Waals surface area contributed by atoms with Gasteiger partial charge in [-0.3, -0.25) is 4.79 Å². The van der Waals surface area contributed by atoms with E-state index in [1.165, 1.54) is 18.4 Å². The van der Waals surface area contributed by atoms with Crippen molar-refractivity contribution in [2.75, 3.05) is 0 Å². The zero-order valence-corrected chi connectivity index (χ0v) is 16.8. The van der Waals surface area contributed by atoms with Crippen LogP contribution in [0.3, 0.4) is 0 Å². The van der Waals surface area contributed by atoms with Gasteiger partial charge in [-0.1, -0.05) is 45.7 Å². The average Bonchev–Trinajstić information content (AvgIpc) is 2.68. The first-order valence-electron chi connectivity index (χ1n) is 8.39. The second-order valence-corrected chi connectivity index (χ2v) is 7.49. The van der Waals surface area contributed by atoms with E-state index in [9.17, 15) is 9.18 Å². The molecule has 0 aliphatic heterocycles. The van der Waals surface area contributed by atoms with E-state index < -0.39 is 5.82 Å². The van der Waals surface area contributed by atoms with Crippen LogP contribution in [0.25, 0.3) is 22.1 Å². The largest absolute Gasteiger partial charge is 0.489 e. The van der Waals surface area contributed by atoms with Gasteiger partial charge in [-0.15, -0.1) is 0 Å². The van der Waals surface area contributed by atoms with Crippen molar-refractivity contribution in [3.63, 3.8) is 0 Å². The topological polar surface area (TPSA) is 39.4 Å². The lowest BCUT2D eigenvalue weighted by atomic mass is 10.1. The number of hydrogen-bond acceptors (Lipinski definition) is 3. The lowest BCUT2D eigenvalue weighted by molar-refractivity contribution is 0.306. The SMILES string of the molecule is O=c1c(-c2ccc(Br)cc2)coc2cc(OCc3ccc(F)cc3Cl)ccc12. The molecule has 28 heavy (non-hydrogen) atoms. The van der Waals surface area contributed by atoms with Gasteiger partial charge in [0.2, 0.25) is 0 Å². The predicted molar refractivity (Wildman–Crippen MR) is 111 cm³/mol. The third-order valence-electron chi connectivity index (χ3n) is 4.31. The molecule has 0 atom stereocenters. The molecule has 0 bridgehead atoms. The van der Waals surface area contributed by atoms with Crippen molar-refractivity contribution in [2.24, 2.45) is 0 Å². The van der Waals surface area contributed by atoms with Crippen molar-refractivity contribution in [3.05, 3.63) is 98.0 Å². The zero-order valence-electron chi connectivity index (χ0n) is 14.4. The quantitative estimate of drug-likeness (QED) is 0.345. The molecule has 0 amide bonds. The Labute approximate surface area is 173 Å². The maximum atomic E-state index is 13.1. The number of halogens is 3. The number of hydrogen-bond donors (Lipinski definition) is 0. The van der Waals surface area contributed by atoms with E-state index in [2.05, 4.69) is 15.9 Å². The molecule has 6 heteroatoms. The van der Waals surface area contributed by atoms with Crippen molar-refractivity contribution >= 4 is 38.5 Å². The molecule has 3 aromatic carbocycles. The van der Waals surface area contributed by atoms with Crippen LogP contribution in [-0.2, 0) is 6.61 Å².